The van der Waals surface area contributed by atoms with Gasteiger partial charge in [0.05, 0.1) is 5.39 Å². The molecule has 1 saturated heterocycles. The fourth-order valence-electron chi connectivity index (χ4n) is 3.08. The van der Waals surface area contributed by atoms with Gasteiger partial charge in [-0.1, -0.05) is 0 Å². The lowest BCUT2D eigenvalue weighted by atomic mass is 10.1. The molecular formula is C17H17N5O. The molecule has 23 heavy (non-hydrogen) atoms. The number of anilines is 1. The highest BCUT2D eigenvalue weighted by Crippen LogP contribution is 2.24. The van der Waals surface area contributed by atoms with Gasteiger partial charge in [0.1, 0.15) is 0 Å². The fraction of sp³-hybridized carbons (Fsp3) is 0.294. The van der Waals surface area contributed by atoms with Crippen molar-refractivity contribution in [1.29, 1.82) is 0 Å². The van der Waals surface area contributed by atoms with E-state index in [0.29, 0.717) is 17.0 Å². The Morgan fingerprint density at radius 3 is 2.57 bits per heavy atom. The van der Waals surface area contributed by atoms with Crippen LogP contribution in [0.3, 0.4) is 0 Å². The van der Waals surface area contributed by atoms with Crippen LogP contribution in [0.1, 0.15) is 19.3 Å². The van der Waals surface area contributed by atoms with Crippen molar-refractivity contribution in [2.75, 3.05) is 18.0 Å². The second-order valence-corrected chi connectivity index (χ2v) is 5.73. The molecule has 6 nitrogen and oxygen atoms in total. The van der Waals surface area contributed by atoms with Crippen molar-refractivity contribution in [2.45, 2.75) is 19.3 Å². The number of H-pyrrole nitrogens is 1. The Hall–Kier alpha value is -2.76. The largest absolute Gasteiger partial charge is 0.342 e. The number of aromatic amines is 1. The summed E-state index contributed by atoms with van der Waals surface area (Å²) >= 11 is 0. The highest BCUT2D eigenvalue weighted by Gasteiger charge is 2.16. The summed E-state index contributed by atoms with van der Waals surface area (Å²) in [4.78, 5) is 30.6. The number of nitrogens with one attached hydrogen (secondary N) is 1. The Morgan fingerprint density at radius 1 is 1.00 bits per heavy atom. The number of aromatic nitrogens is 4. The first-order valence-corrected chi connectivity index (χ1v) is 7.87. The maximum atomic E-state index is 12.7. The molecule has 0 amide bonds. The molecule has 1 fully saturated rings. The van der Waals surface area contributed by atoms with E-state index in [-0.39, 0.29) is 5.56 Å². The predicted molar refractivity (Wildman–Crippen MR) is 89.5 cm³/mol. The van der Waals surface area contributed by atoms with Crippen molar-refractivity contribution in [3.63, 3.8) is 0 Å². The summed E-state index contributed by atoms with van der Waals surface area (Å²) in [5, 5.41) is 0.527. The number of fused-ring (bicyclic) bond motifs is 1. The molecule has 0 saturated carbocycles. The third-order valence-corrected chi connectivity index (χ3v) is 4.24. The number of piperidine rings is 1. The zero-order valence-corrected chi connectivity index (χ0v) is 12.7. The van der Waals surface area contributed by atoms with Crippen LogP contribution >= 0.6 is 0 Å². The first-order chi connectivity index (χ1) is 11.3. The Kier molecular flexibility index (Phi) is 3.49. The average molecular weight is 307 g/mol. The smallest absolute Gasteiger partial charge is 0.262 e. The molecule has 0 atom stereocenters. The summed E-state index contributed by atoms with van der Waals surface area (Å²) in [6.45, 7) is 1.86. The van der Waals surface area contributed by atoms with Crippen LogP contribution < -0.4 is 10.5 Å². The van der Waals surface area contributed by atoms with E-state index >= 15 is 0 Å². The van der Waals surface area contributed by atoms with Crippen molar-refractivity contribution >= 4 is 17.0 Å². The number of pyridine rings is 2. The average Bonchev–Trinajstić information content (AvgIpc) is 2.62. The molecule has 0 aromatic carbocycles. The molecule has 4 rings (SSSR count). The van der Waals surface area contributed by atoms with Gasteiger partial charge in [-0.15, -0.1) is 0 Å². The van der Waals surface area contributed by atoms with Gasteiger partial charge < -0.3 is 4.90 Å². The van der Waals surface area contributed by atoms with Crippen LogP contribution in [0, 0.1) is 0 Å². The third kappa shape index (κ3) is 2.56. The number of hydrogen-bond donors (Lipinski definition) is 1. The van der Waals surface area contributed by atoms with Crippen LogP contribution in [0.15, 0.2) is 41.6 Å². The second kappa shape index (κ2) is 5.79. The number of rotatable bonds is 2. The van der Waals surface area contributed by atoms with E-state index in [0.717, 1.165) is 37.1 Å². The molecule has 1 N–H and O–H groups in total. The lowest BCUT2D eigenvalue weighted by Gasteiger charge is -2.27. The molecule has 0 bridgehead atoms. The summed E-state index contributed by atoms with van der Waals surface area (Å²) in [5.41, 5.74) is 2.11. The van der Waals surface area contributed by atoms with E-state index in [4.69, 9.17) is 0 Å². The minimum Gasteiger partial charge on any atom is -0.342 e. The summed E-state index contributed by atoms with van der Waals surface area (Å²) in [5.74, 6) is 0.626. The first-order valence-electron chi connectivity index (χ1n) is 7.87. The van der Waals surface area contributed by atoms with Gasteiger partial charge in [0.25, 0.3) is 5.56 Å². The Morgan fingerprint density at radius 2 is 1.78 bits per heavy atom. The molecule has 0 spiro atoms. The van der Waals surface area contributed by atoms with Gasteiger partial charge in [0.15, 0.2) is 5.65 Å². The molecule has 4 heterocycles. The highest BCUT2D eigenvalue weighted by molar-refractivity contribution is 5.91. The summed E-state index contributed by atoms with van der Waals surface area (Å²) < 4.78 is 0. The van der Waals surface area contributed by atoms with E-state index in [1.807, 2.05) is 18.2 Å². The van der Waals surface area contributed by atoms with Crippen molar-refractivity contribution in [3.8, 4) is 11.1 Å². The summed E-state index contributed by atoms with van der Waals surface area (Å²) in [6.07, 6.45) is 8.62. The van der Waals surface area contributed by atoms with Crippen molar-refractivity contribution < 1.29 is 0 Å². The molecule has 116 valence electrons. The molecule has 0 radical (unpaired) electrons. The second-order valence-electron chi connectivity index (χ2n) is 5.73. The lowest BCUT2D eigenvalue weighted by Crippen LogP contribution is -2.32. The van der Waals surface area contributed by atoms with E-state index in [9.17, 15) is 4.79 Å². The Labute approximate surface area is 133 Å². The van der Waals surface area contributed by atoms with Crippen LogP contribution in [0.2, 0.25) is 0 Å². The molecular weight excluding hydrogens is 290 g/mol. The third-order valence-electron chi connectivity index (χ3n) is 4.24. The molecule has 3 aromatic heterocycles. The fourth-order valence-corrected chi connectivity index (χ4v) is 3.08. The standard InChI is InChI=1S/C17H17N5O/c23-16-14-13(12-4-7-18-8-5-12)6-9-19-15(14)20-17(21-16)22-10-2-1-3-11-22/h4-9H,1-3,10-11H2,(H,19,20,21,23). The molecule has 1 aliphatic rings. The maximum Gasteiger partial charge on any atom is 0.262 e. The van der Waals surface area contributed by atoms with Crippen molar-refractivity contribution in [2.24, 2.45) is 0 Å². The minimum absolute atomic E-state index is 0.143. The van der Waals surface area contributed by atoms with Gasteiger partial charge in [-0.25, -0.2) is 4.98 Å². The Balaban J connectivity index is 1.87. The Bertz CT molecular complexity index is 884. The van der Waals surface area contributed by atoms with Crippen LogP contribution in [0.4, 0.5) is 5.95 Å². The topological polar surface area (TPSA) is 74.8 Å². The van der Waals surface area contributed by atoms with E-state index in [1.165, 1.54) is 6.42 Å². The van der Waals surface area contributed by atoms with E-state index in [1.54, 1.807) is 18.6 Å². The monoisotopic (exact) mass is 307 g/mol. The SMILES string of the molecule is O=c1[nH]c(N2CCCCC2)nc2nccc(-c3ccncc3)c12. The predicted octanol–water partition coefficient (Wildman–Crippen LogP) is 2.37. The van der Waals surface area contributed by atoms with Crippen LogP contribution in [0.25, 0.3) is 22.2 Å². The zero-order chi connectivity index (χ0) is 15.6. The first kappa shape index (κ1) is 13.9. The van der Waals surface area contributed by atoms with Gasteiger partial charge in [0.2, 0.25) is 5.95 Å². The summed E-state index contributed by atoms with van der Waals surface area (Å²) in [6, 6.07) is 5.61. The lowest BCUT2D eigenvalue weighted by molar-refractivity contribution is 0.568. The van der Waals surface area contributed by atoms with Gasteiger partial charge in [-0.3, -0.25) is 14.8 Å². The van der Waals surface area contributed by atoms with Crippen LogP contribution in [-0.2, 0) is 0 Å². The van der Waals surface area contributed by atoms with E-state index < -0.39 is 0 Å². The number of hydrogen-bond acceptors (Lipinski definition) is 5. The van der Waals surface area contributed by atoms with Crippen molar-refractivity contribution in [1.82, 2.24) is 19.9 Å². The van der Waals surface area contributed by atoms with Crippen LogP contribution in [0.5, 0.6) is 0 Å². The van der Waals surface area contributed by atoms with Gasteiger partial charge in [0, 0.05) is 31.7 Å². The van der Waals surface area contributed by atoms with Gasteiger partial charge >= 0.3 is 0 Å². The molecule has 1 aliphatic heterocycles. The van der Waals surface area contributed by atoms with Gasteiger partial charge in [-0.05, 0) is 48.6 Å². The highest BCUT2D eigenvalue weighted by atomic mass is 16.1. The maximum absolute atomic E-state index is 12.7. The molecule has 6 heteroatoms. The van der Waals surface area contributed by atoms with Gasteiger partial charge in [-0.2, -0.15) is 4.98 Å². The normalized spacial score (nSPS) is 15.0. The molecule has 0 aliphatic carbocycles. The molecule has 0 unspecified atom stereocenters. The summed E-state index contributed by atoms with van der Waals surface area (Å²) in [7, 11) is 0. The van der Waals surface area contributed by atoms with Crippen molar-refractivity contribution in [3.05, 3.63) is 47.1 Å². The minimum atomic E-state index is -0.143. The zero-order valence-electron chi connectivity index (χ0n) is 12.7. The van der Waals surface area contributed by atoms with E-state index in [2.05, 4.69) is 24.8 Å². The molecule has 3 aromatic rings. The van der Waals surface area contributed by atoms with Crippen LogP contribution in [-0.4, -0.2) is 33.0 Å². The number of nitrogens with zero attached hydrogens (tertiary/aromatic N) is 4. The quantitative estimate of drug-likeness (QED) is 0.786.